The zero-order chi connectivity index (χ0) is 20.5. The Morgan fingerprint density at radius 3 is 2.59 bits per heavy atom. The summed E-state index contributed by atoms with van der Waals surface area (Å²) in [6, 6.07) is 7.33. The number of hydrogen-bond donors (Lipinski definition) is 4. The van der Waals surface area contributed by atoms with Crippen molar-refractivity contribution in [2.75, 3.05) is 12.3 Å². The minimum atomic E-state index is -1.27. The number of rotatable bonds is 6. The predicted molar refractivity (Wildman–Crippen MR) is 108 cm³/mol. The summed E-state index contributed by atoms with van der Waals surface area (Å²) in [5.41, 5.74) is 7.30. The molecule has 12 heteroatoms. The number of aliphatic hydroxyl groups excluding tert-OH is 3. The van der Waals surface area contributed by atoms with Gasteiger partial charge in [-0.15, -0.1) is 0 Å². The quantitative estimate of drug-likeness (QED) is 0.337. The van der Waals surface area contributed by atoms with Gasteiger partial charge in [0.2, 0.25) is 11.8 Å². The number of anilines is 1. The first kappa shape index (κ1) is 20.0. The van der Waals surface area contributed by atoms with Gasteiger partial charge in [-0.1, -0.05) is 12.1 Å². The molecule has 1 aromatic carbocycles. The van der Waals surface area contributed by atoms with Crippen LogP contribution in [0.3, 0.4) is 0 Å². The topological polar surface area (TPSA) is 158 Å². The molecular weight excluding hydrogens is 497 g/mol. The zero-order valence-electron chi connectivity index (χ0n) is 14.9. The van der Waals surface area contributed by atoms with Gasteiger partial charge in [-0.3, -0.25) is 4.57 Å². The summed E-state index contributed by atoms with van der Waals surface area (Å²) in [6.07, 6.45) is -3.04. The minimum Gasteiger partial charge on any atom is -0.471 e. The molecule has 3 aromatic rings. The second-order valence-electron chi connectivity index (χ2n) is 6.45. The van der Waals surface area contributed by atoms with E-state index >= 15 is 0 Å². The zero-order valence-corrected chi connectivity index (χ0v) is 17.1. The van der Waals surface area contributed by atoms with Gasteiger partial charge in [-0.25, -0.2) is 4.98 Å². The highest BCUT2D eigenvalue weighted by Crippen LogP contribution is 2.33. The van der Waals surface area contributed by atoms with Crippen molar-refractivity contribution in [3.05, 3.63) is 36.2 Å². The molecule has 0 radical (unpaired) electrons. The lowest BCUT2D eigenvalue weighted by atomic mass is 10.1. The summed E-state index contributed by atoms with van der Waals surface area (Å²) >= 11 is 1.80. The average Bonchev–Trinajstić information content (AvgIpc) is 3.27. The van der Waals surface area contributed by atoms with Crippen molar-refractivity contribution >= 4 is 40.1 Å². The number of aromatic nitrogens is 4. The van der Waals surface area contributed by atoms with Crippen LogP contribution >= 0.6 is 23.0 Å². The molecule has 154 valence electrons. The van der Waals surface area contributed by atoms with E-state index < -0.39 is 31.1 Å². The van der Waals surface area contributed by atoms with Crippen LogP contribution in [0.5, 0.6) is 11.6 Å². The highest BCUT2D eigenvalue weighted by atomic mass is 127. The molecule has 29 heavy (non-hydrogen) atoms. The van der Waals surface area contributed by atoms with Gasteiger partial charge in [-0.2, -0.15) is 9.97 Å². The number of fused-ring (bicyclic) bond motifs is 1. The molecule has 4 atom stereocenters. The van der Waals surface area contributed by atoms with Crippen LogP contribution in [0.2, 0.25) is 0 Å². The molecule has 11 nitrogen and oxygen atoms in total. The molecule has 2 aromatic heterocycles. The van der Waals surface area contributed by atoms with Crippen LogP contribution < -0.4 is 13.5 Å². The Labute approximate surface area is 178 Å². The first-order valence-electron chi connectivity index (χ1n) is 8.64. The van der Waals surface area contributed by atoms with Crippen molar-refractivity contribution in [3.8, 4) is 11.6 Å². The third kappa shape index (κ3) is 3.81. The van der Waals surface area contributed by atoms with Crippen molar-refractivity contribution < 1.29 is 27.9 Å². The number of ether oxygens (including phenoxy) is 2. The van der Waals surface area contributed by atoms with Crippen LogP contribution in [0.25, 0.3) is 11.2 Å². The first-order chi connectivity index (χ1) is 14.0. The van der Waals surface area contributed by atoms with E-state index in [2.05, 4.69) is 15.0 Å². The van der Waals surface area contributed by atoms with Gasteiger partial charge < -0.3 is 33.6 Å². The van der Waals surface area contributed by atoms with Crippen molar-refractivity contribution in [2.45, 2.75) is 31.1 Å². The van der Waals surface area contributed by atoms with E-state index in [1.54, 1.807) is 23.0 Å². The maximum Gasteiger partial charge on any atom is 0.247 e. The number of nitrogens with zero attached hydrogens (tertiary/aromatic N) is 4. The van der Waals surface area contributed by atoms with E-state index in [0.29, 0.717) is 5.52 Å². The molecule has 0 bridgehead atoms. The average molecular weight is 515 g/mol. The van der Waals surface area contributed by atoms with E-state index in [-0.39, 0.29) is 24.1 Å². The molecule has 1 aliphatic heterocycles. The largest absolute Gasteiger partial charge is 0.471 e. The van der Waals surface area contributed by atoms with Crippen LogP contribution in [0.1, 0.15) is 11.8 Å². The van der Waals surface area contributed by atoms with Crippen LogP contribution in [-0.4, -0.2) is 59.8 Å². The van der Waals surface area contributed by atoms with Crippen LogP contribution in [0.4, 0.5) is 5.95 Å². The van der Waals surface area contributed by atoms with Crippen LogP contribution in [0.15, 0.2) is 30.6 Å². The summed E-state index contributed by atoms with van der Waals surface area (Å²) in [5, 5.41) is 29.6. The number of benzene rings is 1. The lowest BCUT2D eigenvalue weighted by Crippen LogP contribution is -2.33. The van der Waals surface area contributed by atoms with Gasteiger partial charge in [0.15, 0.2) is 40.4 Å². The summed E-state index contributed by atoms with van der Waals surface area (Å²) in [4.78, 5) is 12.5. The molecule has 0 spiro atoms. The summed E-state index contributed by atoms with van der Waals surface area (Å²) in [7, 11) is 0. The fourth-order valence-electron chi connectivity index (χ4n) is 3.09. The maximum absolute atomic E-state index is 10.3. The second-order valence-corrected chi connectivity index (χ2v) is 6.89. The Kier molecular flexibility index (Phi) is 5.69. The third-order valence-electron chi connectivity index (χ3n) is 4.59. The molecule has 1 fully saturated rings. The van der Waals surface area contributed by atoms with Gasteiger partial charge in [0.1, 0.15) is 30.7 Å². The van der Waals surface area contributed by atoms with Gasteiger partial charge in [0, 0.05) is 0 Å². The fraction of sp³-hybridized carbons (Fsp3) is 0.353. The first-order valence-corrected chi connectivity index (χ1v) is 9.52. The number of hydrogen-bond acceptors (Lipinski definition) is 10. The van der Waals surface area contributed by atoms with E-state index in [0.717, 1.165) is 11.3 Å². The van der Waals surface area contributed by atoms with E-state index in [1.165, 1.54) is 10.9 Å². The number of aliphatic hydroxyl groups is 3. The van der Waals surface area contributed by atoms with E-state index in [9.17, 15) is 15.3 Å². The normalized spacial score (nSPS) is 24.1. The predicted octanol–water partition coefficient (Wildman–Crippen LogP) is 0.328. The molecule has 1 saturated heterocycles. The van der Waals surface area contributed by atoms with Crippen LogP contribution in [0, 0.1) is 0 Å². The fourth-order valence-corrected chi connectivity index (χ4v) is 3.39. The van der Waals surface area contributed by atoms with Crippen LogP contribution in [-0.2, 0) is 11.3 Å². The van der Waals surface area contributed by atoms with Crippen molar-refractivity contribution in [3.63, 3.8) is 0 Å². The minimum absolute atomic E-state index is 0.0466. The highest BCUT2D eigenvalue weighted by Gasteiger charge is 2.44. The summed E-state index contributed by atoms with van der Waals surface area (Å²) < 4.78 is 17.8. The Morgan fingerprint density at radius 1 is 1.17 bits per heavy atom. The molecule has 4 rings (SSSR count). The summed E-state index contributed by atoms with van der Waals surface area (Å²) in [5.74, 6) is 0.849. The SMILES string of the molecule is Nc1nc(OCc2ccc(OI)cc2)c2ncn([C@@H]3O[C@H](CO)C(O)[C@@H]3O)c2n1. The third-order valence-corrected chi connectivity index (χ3v) is 5.09. The molecule has 5 N–H and O–H groups in total. The summed E-state index contributed by atoms with van der Waals surface area (Å²) in [6.45, 7) is -0.220. The van der Waals surface area contributed by atoms with Crippen molar-refractivity contribution in [2.24, 2.45) is 0 Å². The Balaban J connectivity index is 1.61. The molecule has 0 saturated carbocycles. The number of nitrogens with two attached hydrogens (primary N) is 1. The Bertz CT molecular complexity index is 1000. The Morgan fingerprint density at radius 2 is 1.93 bits per heavy atom. The highest BCUT2D eigenvalue weighted by molar-refractivity contribution is 14.1. The number of nitrogen functional groups attached to an aromatic ring is 1. The molecule has 0 amide bonds. The van der Waals surface area contributed by atoms with E-state index in [1.807, 2.05) is 24.3 Å². The second kappa shape index (κ2) is 8.23. The van der Waals surface area contributed by atoms with Gasteiger partial charge in [0.25, 0.3) is 0 Å². The monoisotopic (exact) mass is 515 g/mol. The lowest BCUT2D eigenvalue weighted by Gasteiger charge is -2.16. The molecule has 0 aliphatic carbocycles. The standard InChI is InChI=1S/C17H18IN5O6/c18-29-9-3-1-8(2-4-9)6-27-15-11-14(21-17(19)22-15)23(7-20-11)16-13(26)12(25)10(5-24)28-16/h1-4,7,10,12-13,16,24-26H,5-6H2,(H2,19,21,22)/t10-,12?,13+,16-/m1/s1. The smallest absolute Gasteiger partial charge is 0.247 e. The van der Waals surface area contributed by atoms with Gasteiger partial charge in [0.05, 0.1) is 12.9 Å². The molecule has 1 unspecified atom stereocenters. The van der Waals surface area contributed by atoms with E-state index in [4.69, 9.17) is 18.3 Å². The van der Waals surface area contributed by atoms with Gasteiger partial charge >= 0.3 is 0 Å². The number of halogens is 1. The molecular formula is C17H18IN5O6. The maximum atomic E-state index is 10.3. The molecule has 1 aliphatic rings. The lowest BCUT2D eigenvalue weighted by molar-refractivity contribution is -0.0511. The van der Waals surface area contributed by atoms with Crippen molar-refractivity contribution in [1.29, 1.82) is 0 Å². The molecule has 3 heterocycles. The Hall–Kier alpha value is -2.26. The van der Waals surface area contributed by atoms with Gasteiger partial charge in [-0.05, 0) is 17.7 Å². The number of imidazole rings is 1. The van der Waals surface area contributed by atoms with Crippen molar-refractivity contribution in [1.82, 2.24) is 19.5 Å².